The third-order valence-corrected chi connectivity index (χ3v) is 5.49. The van der Waals surface area contributed by atoms with Gasteiger partial charge in [-0.25, -0.2) is 0 Å². The Bertz CT molecular complexity index is 582. The van der Waals surface area contributed by atoms with Crippen molar-refractivity contribution in [3.05, 3.63) is 97.7 Å². The summed E-state index contributed by atoms with van der Waals surface area (Å²) in [6.45, 7) is -3.08. The predicted molar refractivity (Wildman–Crippen MR) is 91.7 cm³/mol. The molecule has 0 N–H and O–H groups in total. The average molecular weight is 528 g/mol. The van der Waals surface area contributed by atoms with Crippen molar-refractivity contribution in [2.75, 3.05) is 0 Å². The summed E-state index contributed by atoms with van der Waals surface area (Å²) < 4.78 is 28.8. The Balaban J connectivity index is 0.000000522. The van der Waals surface area contributed by atoms with Crippen molar-refractivity contribution in [2.45, 2.75) is 0 Å². The van der Waals surface area contributed by atoms with Crippen LogP contribution in [0, 0.1) is 6.68 Å². The van der Waals surface area contributed by atoms with Crippen LogP contribution in [0.3, 0.4) is 0 Å². The van der Waals surface area contributed by atoms with Gasteiger partial charge in [0.2, 0.25) is 0 Å². The van der Waals surface area contributed by atoms with E-state index >= 15 is 0 Å². The molecule has 0 aromatic heterocycles. The van der Waals surface area contributed by atoms with Crippen molar-refractivity contribution < 1.29 is 35.6 Å². The summed E-state index contributed by atoms with van der Waals surface area (Å²) in [5.41, 5.74) is 0. The molecule has 0 fully saturated rings. The second-order valence-corrected chi connectivity index (χ2v) is 6.78. The molecule has 0 nitrogen and oxygen atoms in total. The van der Waals surface area contributed by atoms with Crippen LogP contribution in [0.1, 0.15) is 0 Å². The molecule has 0 radical (unpaired) electrons. The fraction of sp³-hybridized carbons (Fsp3) is 0. The van der Waals surface area contributed by atoms with Gasteiger partial charge in [0.25, 0.3) is 0 Å². The van der Waals surface area contributed by atoms with Crippen molar-refractivity contribution in [3.8, 4) is 0 Å². The van der Waals surface area contributed by atoms with Gasteiger partial charge < -0.3 is 13.2 Å². The standard InChI is InChI=1S/C18H15P.CF3.Au/c1-4-10-16(11-5-1)19(17-12-6-2-7-13-17)18-14-8-3-9-15-18;2-1(3)4;/h1-15H;;/q;-1;+1. The van der Waals surface area contributed by atoms with E-state index in [2.05, 4.69) is 91.0 Å². The molecule has 5 heteroatoms. The molecule has 24 heavy (non-hydrogen) atoms. The summed E-state index contributed by atoms with van der Waals surface area (Å²) in [5, 5.41) is 4.19. The van der Waals surface area contributed by atoms with Gasteiger partial charge in [-0.1, -0.05) is 91.0 Å². The zero-order valence-electron chi connectivity index (χ0n) is 12.5. The van der Waals surface area contributed by atoms with E-state index < -0.39 is 14.6 Å². The van der Waals surface area contributed by atoms with Crippen molar-refractivity contribution in [1.29, 1.82) is 0 Å². The zero-order valence-corrected chi connectivity index (χ0v) is 15.6. The molecule has 0 saturated heterocycles. The fourth-order valence-electron chi connectivity index (χ4n) is 2.18. The topological polar surface area (TPSA) is 0 Å². The molecule has 3 aromatic rings. The van der Waals surface area contributed by atoms with E-state index in [0.29, 0.717) is 0 Å². The van der Waals surface area contributed by atoms with Crippen molar-refractivity contribution in [2.24, 2.45) is 0 Å². The van der Waals surface area contributed by atoms with Gasteiger partial charge >= 0.3 is 22.4 Å². The molecule has 3 aromatic carbocycles. The van der Waals surface area contributed by atoms with Crippen molar-refractivity contribution in [3.63, 3.8) is 0 Å². The van der Waals surface area contributed by atoms with Gasteiger partial charge in [-0.05, 0) is 23.8 Å². The van der Waals surface area contributed by atoms with Gasteiger partial charge in [-0.2, -0.15) is 0 Å². The molecular weight excluding hydrogens is 513 g/mol. The van der Waals surface area contributed by atoms with E-state index in [1.165, 1.54) is 15.9 Å². The van der Waals surface area contributed by atoms with Gasteiger partial charge in [0.1, 0.15) is 0 Å². The molecule has 0 saturated carbocycles. The summed E-state index contributed by atoms with van der Waals surface area (Å²) in [5.74, 6) is 0. The van der Waals surface area contributed by atoms with Gasteiger partial charge in [0.15, 0.2) is 6.68 Å². The van der Waals surface area contributed by atoms with Crippen LogP contribution in [-0.2, 0) is 22.4 Å². The molecule has 0 bridgehead atoms. The van der Waals surface area contributed by atoms with Gasteiger partial charge in [0.05, 0.1) is 0 Å². The molecular formula is C19H15AuF3P. The van der Waals surface area contributed by atoms with Crippen LogP contribution >= 0.6 is 7.92 Å². The minimum absolute atomic E-state index is 0. The minimum atomic E-state index is -3.08. The Morgan fingerprint density at radius 2 is 0.708 bits per heavy atom. The summed E-state index contributed by atoms with van der Waals surface area (Å²) in [4.78, 5) is 0. The first-order chi connectivity index (χ1) is 11.2. The van der Waals surface area contributed by atoms with E-state index in [9.17, 15) is 13.2 Å². The molecule has 0 unspecified atom stereocenters. The largest absolute Gasteiger partial charge is 1.00 e. The number of hydrogen-bond acceptors (Lipinski definition) is 0. The normalized spacial score (nSPS) is 9.88. The van der Waals surface area contributed by atoms with Gasteiger partial charge in [-0.15, -0.1) is 0 Å². The molecule has 128 valence electrons. The van der Waals surface area contributed by atoms with Crippen molar-refractivity contribution >= 4 is 23.8 Å². The quantitative estimate of drug-likeness (QED) is 0.261. The summed E-state index contributed by atoms with van der Waals surface area (Å²) in [6.07, 6.45) is 0. The molecule has 0 aliphatic heterocycles. The molecule has 0 aliphatic rings. The first-order valence-corrected chi connectivity index (χ1v) is 8.31. The van der Waals surface area contributed by atoms with Gasteiger partial charge in [-0.3, -0.25) is 0 Å². The predicted octanol–water partition coefficient (Wildman–Crippen LogP) is 4.78. The monoisotopic (exact) mass is 528 g/mol. The molecule has 0 amide bonds. The number of hydrogen-bond donors (Lipinski definition) is 0. The third kappa shape index (κ3) is 6.62. The Hall–Kier alpha value is -1.38. The van der Waals surface area contributed by atoms with Crippen LogP contribution in [0.2, 0.25) is 0 Å². The molecule has 0 atom stereocenters. The van der Waals surface area contributed by atoms with Crippen LogP contribution in [0.5, 0.6) is 0 Å². The Labute approximate surface area is 157 Å². The molecule has 0 heterocycles. The molecule has 3 rings (SSSR count). The Morgan fingerprint density at radius 3 is 0.917 bits per heavy atom. The second-order valence-electron chi connectivity index (χ2n) is 4.56. The van der Waals surface area contributed by atoms with Crippen molar-refractivity contribution in [1.82, 2.24) is 0 Å². The van der Waals surface area contributed by atoms with E-state index in [1.54, 1.807) is 0 Å². The summed E-state index contributed by atoms with van der Waals surface area (Å²) in [6, 6.07) is 32.3. The van der Waals surface area contributed by atoms with Crippen LogP contribution in [0.25, 0.3) is 0 Å². The summed E-state index contributed by atoms with van der Waals surface area (Å²) >= 11 is 0. The SMILES string of the molecule is F[C-](F)F.[Au+].c1ccc(P(c2ccccc2)c2ccccc2)cc1. The van der Waals surface area contributed by atoms with Crippen LogP contribution in [-0.4, -0.2) is 0 Å². The molecule has 0 spiro atoms. The minimum Gasteiger partial charge on any atom is -0.385 e. The molecule has 0 aliphatic carbocycles. The third-order valence-electron chi connectivity index (χ3n) is 3.04. The maximum Gasteiger partial charge on any atom is 1.00 e. The fourth-order valence-corrected chi connectivity index (χ4v) is 4.48. The second kappa shape index (κ2) is 11.2. The van der Waals surface area contributed by atoms with E-state index in [-0.39, 0.29) is 22.4 Å². The number of rotatable bonds is 3. The number of benzene rings is 3. The van der Waals surface area contributed by atoms with Crippen LogP contribution < -0.4 is 15.9 Å². The first-order valence-electron chi connectivity index (χ1n) is 6.97. The maximum absolute atomic E-state index is 9.58. The van der Waals surface area contributed by atoms with E-state index in [1.807, 2.05) is 0 Å². The van der Waals surface area contributed by atoms with E-state index in [4.69, 9.17) is 0 Å². The smallest absolute Gasteiger partial charge is 0.385 e. The zero-order chi connectivity index (χ0) is 16.5. The van der Waals surface area contributed by atoms with Crippen LogP contribution in [0.15, 0.2) is 91.0 Å². The Kier molecular flexibility index (Phi) is 9.66. The Morgan fingerprint density at radius 1 is 0.500 bits per heavy atom. The number of halogens is 3. The first kappa shape index (κ1) is 20.7. The summed E-state index contributed by atoms with van der Waals surface area (Å²) in [7, 11) is -0.446. The van der Waals surface area contributed by atoms with Crippen LogP contribution in [0.4, 0.5) is 13.2 Å². The average Bonchev–Trinajstić information content (AvgIpc) is 2.58. The maximum atomic E-state index is 9.58. The van der Waals surface area contributed by atoms with E-state index in [0.717, 1.165) is 0 Å². The van der Waals surface area contributed by atoms with Gasteiger partial charge in [0, 0.05) is 0 Å².